The van der Waals surface area contributed by atoms with Crippen LogP contribution >= 0.6 is 11.3 Å². The molecule has 0 bridgehead atoms. The summed E-state index contributed by atoms with van der Waals surface area (Å²) in [6.45, 7) is 1.65. The highest BCUT2D eigenvalue weighted by Gasteiger charge is 2.31. The lowest BCUT2D eigenvalue weighted by molar-refractivity contribution is 0.102. The van der Waals surface area contributed by atoms with Gasteiger partial charge in [0, 0.05) is 52.6 Å². The highest BCUT2D eigenvalue weighted by Crippen LogP contribution is 2.36. The van der Waals surface area contributed by atoms with Crippen LogP contribution in [0.2, 0.25) is 0 Å². The molecule has 0 spiro atoms. The highest BCUT2D eigenvalue weighted by molar-refractivity contribution is 7.15. The average Bonchev–Trinajstić information content (AvgIpc) is 3.71. The van der Waals surface area contributed by atoms with E-state index < -0.39 is 0 Å². The predicted molar refractivity (Wildman–Crippen MR) is 161 cm³/mol. The molecule has 200 valence electrons. The standard InChI is InChI=1S/C32H30N6OS/c33-26-10-8-22(9-11-26)25-18-34-37(20-25)19-21-4-3-6-24(16-21)31(39)36-32-35-28-13-12-27(17-30(28)40-32)38-15-14-23-5-1-2-7-29(23)38/h1-11,16,18,20,27H,12-15,17,19,33H2,(H,35,36,39). The van der Waals surface area contributed by atoms with Gasteiger partial charge in [0.15, 0.2) is 5.13 Å². The number of amides is 1. The predicted octanol–water partition coefficient (Wildman–Crippen LogP) is 5.81. The molecule has 1 aliphatic carbocycles. The summed E-state index contributed by atoms with van der Waals surface area (Å²) in [5, 5.41) is 8.25. The van der Waals surface area contributed by atoms with Gasteiger partial charge < -0.3 is 10.6 Å². The molecule has 7 nitrogen and oxygen atoms in total. The van der Waals surface area contributed by atoms with E-state index in [0.717, 1.165) is 60.3 Å². The quantitative estimate of drug-likeness (QED) is 0.263. The van der Waals surface area contributed by atoms with Crippen molar-refractivity contribution in [2.45, 2.75) is 38.3 Å². The summed E-state index contributed by atoms with van der Waals surface area (Å²) in [6, 6.07) is 24.7. The number of nitrogens with two attached hydrogens (primary N) is 1. The van der Waals surface area contributed by atoms with Crippen molar-refractivity contribution in [3.8, 4) is 11.1 Å². The molecule has 0 saturated heterocycles. The minimum Gasteiger partial charge on any atom is -0.399 e. The molecule has 3 heterocycles. The van der Waals surface area contributed by atoms with E-state index in [1.54, 1.807) is 11.3 Å². The largest absolute Gasteiger partial charge is 0.399 e. The third-order valence-electron chi connectivity index (χ3n) is 7.91. The second-order valence-corrected chi connectivity index (χ2v) is 11.6. The number of nitrogens with zero attached hydrogens (tertiary/aromatic N) is 4. The number of rotatable bonds is 6. The van der Waals surface area contributed by atoms with E-state index in [9.17, 15) is 4.79 Å². The summed E-state index contributed by atoms with van der Waals surface area (Å²) in [5.41, 5.74) is 14.2. The van der Waals surface area contributed by atoms with Gasteiger partial charge in [0.2, 0.25) is 0 Å². The van der Waals surface area contributed by atoms with Gasteiger partial charge in [0.25, 0.3) is 5.91 Å². The number of fused-ring (bicyclic) bond motifs is 2. The monoisotopic (exact) mass is 546 g/mol. The first-order valence-corrected chi connectivity index (χ1v) is 14.5. The van der Waals surface area contributed by atoms with Gasteiger partial charge in [-0.25, -0.2) is 4.98 Å². The Kier molecular flexibility index (Phi) is 6.32. The highest BCUT2D eigenvalue weighted by atomic mass is 32.1. The molecule has 40 heavy (non-hydrogen) atoms. The van der Waals surface area contributed by atoms with Crippen molar-refractivity contribution in [3.63, 3.8) is 0 Å². The Bertz CT molecular complexity index is 1690. The minimum atomic E-state index is -0.138. The van der Waals surface area contributed by atoms with Crippen molar-refractivity contribution < 1.29 is 4.79 Å². The number of aromatic nitrogens is 3. The lowest BCUT2D eigenvalue weighted by atomic mass is 9.96. The van der Waals surface area contributed by atoms with Gasteiger partial charge in [-0.2, -0.15) is 5.10 Å². The van der Waals surface area contributed by atoms with E-state index in [1.165, 1.54) is 16.1 Å². The van der Waals surface area contributed by atoms with Crippen LogP contribution in [0.1, 0.15) is 38.5 Å². The molecule has 0 radical (unpaired) electrons. The fourth-order valence-electron chi connectivity index (χ4n) is 5.86. The molecule has 1 aliphatic heterocycles. The summed E-state index contributed by atoms with van der Waals surface area (Å²) in [7, 11) is 0. The third-order valence-corrected chi connectivity index (χ3v) is 8.94. The van der Waals surface area contributed by atoms with Gasteiger partial charge in [-0.3, -0.25) is 14.8 Å². The molecule has 5 aromatic rings. The number of aryl methyl sites for hydroxylation is 1. The Balaban J connectivity index is 1.01. The van der Waals surface area contributed by atoms with Crippen LogP contribution in [0.5, 0.6) is 0 Å². The van der Waals surface area contributed by atoms with Crippen LogP contribution in [0.15, 0.2) is 85.2 Å². The van der Waals surface area contributed by atoms with Gasteiger partial charge >= 0.3 is 0 Å². The van der Waals surface area contributed by atoms with Crippen molar-refractivity contribution >= 4 is 33.8 Å². The number of para-hydroxylation sites is 1. The SMILES string of the molecule is Nc1ccc(-c2cnn(Cc3cccc(C(=O)Nc4nc5c(s4)CC(N4CCc6ccccc64)CC5)c3)c2)cc1. The molecule has 2 aromatic heterocycles. The number of carbonyl (C=O) groups excluding carboxylic acids is 1. The number of nitrogen functional groups attached to an aromatic ring is 1. The number of benzene rings is 3. The zero-order valence-electron chi connectivity index (χ0n) is 22.1. The number of hydrogen-bond donors (Lipinski definition) is 2. The van der Waals surface area contributed by atoms with Gasteiger partial charge in [0.05, 0.1) is 18.4 Å². The normalized spacial score (nSPS) is 16.0. The van der Waals surface area contributed by atoms with Gasteiger partial charge in [-0.15, -0.1) is 11.3 Å². The topological polar surface area (TPSA) is 89.1 Å². The van der Waals surface area contributed by atoms with Gasteiger partial charge in [0.1, 0.15) is 0 Å². The van der Waals surface area contributed by atoms with Gasteiger partial charge in [-0.05, 0) is 66.3 Å². The Hall–Kier alpha value is -4.43. The zero-order chi connectivity index (χ0) is 27.1. The molecular weight excluding hydrogens is 516 g/mol. The van der Waals surface area contributed by atoms with E-state index >= 15 is 0 Å². The molecule has 7 rings (SSSR count). The van der Waals surface area contributed by atoms with Crippen molar-refractivity contribution in [3.05, 3.63) is 112 Å². The first-order valence-electron chi connectivity index (χ1n) is 13.7. The summed E-state index contributed by atoms with van der Waals surface area (Å²) in [6.07, 6.45) is 7.99. The van der Waals surface area contributed by atoms with Crippen LogP contribution in [0.3, 0.4) is 0 Å². The van der Waals surface area contributed by atoms with Crippen molar-refractivity contribution in [1.29, 1.82) is 0 Å². The molecule has 8 heteroatoms. The molecule has 2 aliphatic rings. The van der Waals surface area contributed by atoms with Crippen LogP contribution in [0.4, 0.5) is 16.5 Å². The number of carbonyl (C=O) groups is 1. The summed E-state index contributed by atoms with van der Waals surface area (Å²) in [4.78, 5) is 21.8. The van der Waals surface area contributed by atoms with Crippen LogP contribution < -0.4 is 16.0 Å². The maximum Gasteiger partial charge on any atom is 0.257 e. The molecule has 0 saturated carbocycles. The first-order chi connectivity index (χ1) is 19.6. The Morgan fingerprint density at radius 1 is 1.02 bits per heavy atom. The fraction of sp³-hybridized carbons (Fsp3) is 0.219. The molecular formula is C32H30N6OS. The summed E-state index contributed by atoms with van der Waals surface area (Å²) in [5.74, 6) is -0.138. The maximum absolute atomic E-state index is 13.2. The molecule has 1 amide bonds. The maximum atomic E-state index is 13.2. The number of thiazole rings is 1. The number of hydrogen-bond acceptors (Lipinski definition) is 6. The molecule has 0 fully saturated rings. The molecule has 3 aromatic carbocycles. The van der Waals surface area contributed by atoms with Crippen molar-refractivity contribution in [1.82, 2.24) is 14.8 Å². The molecule has 1 atom stereocenters. The van der Waals surface area contributed by atoms with E-state index in [4.69, 9.17) is 10.7 Å². The van der Waals surface area contributed by atoms with Crippen molar-refractivity contribution in [2.24, 2.45) is 0 Å². The van der Waals surface area contributed by atoms with Crippen LogP contribution in [-0.2, 0) is 25.8 Å². The number of nitrogens with one attached hydrogen (secondary N) is 1. The van der Waals surface area contributed by atoms with Crippen LogP contribution in [-0.4, -0.2) is 33.3 Å². The average molecular weight is 547 g/mol. The molecule has 1 unspecified atom stereocenters. The molecule has 3 N–H and O–H groups in total. The smallest absolute Gasteiger partial charge is 0.257 e. The van der Waals surface area contributed by atoms with Crippen LogP contribution in [0.25, 0.3) is 11.1 Å². The third kappa shape index (κ3) is 4.86. The Labute approximate surface area is 237 Å². The zero-order valence-corrected chi connectivity index (χ0v) is 22.9. The fourth-order valence-corrected chi connectivity index (χ4v) is 6.94. The van der Waals surface area contributed by atoms with Crippen molar-refractivity contribution in [2.75, 3.05) is 22.5 Å². The lowest BCUT2D eigenvalue weighted by Crippen LogP contribution is -2.37. The second-order valence-electron chi connectivity index (χ2n) is 10.6. The Morgan fingerprint density at radius 2 is 1.90 bits per heavy atom. The van der Waals surface area contributed by atoms with E-state index in [-0.39, 0.29) is 5.91 Å². The van der Waals surface area contributed by atoms with E-state index in [2.05, 4.69) is 39.6 Å². The second kappa shape index (κ2) is 10.3. The summed E-state index contributed by atoms with van der Waals surface area (Å²) >= 11 is 1.62. The van der Waals surface area contributed by atoms with E-state index in [1.807, 2.05) is 65.6 Å². The Morgan fingerprint density at radius 3 is 2.80 bits per heavy atom. The summed E-state index contributed by atoms with van der Waals surface area (Å²) < 4.78 is 1.88. The van der Waals surface area contributed by atoms with Gasteiger partial charge in [-0.1, -0.05) is 42.5 Å². The number of anilines is 3. The van der Waals surface area contributed by atoms with E-state index in [0.29, 0.717) is 23.3 Å². The first kappa shape index (κ1) is 24.6. The lowest BCUT2D eigenvalue weighted by Gasteiger charge is -2.32. The van der Waals surface area contributed by atoms with Crippen LogP contribution in [0, 0.1) is 0 Å². The minimum absolute atomic E-state index is 0.138.